The van der Waals surface area contributed by atoms with Crippen LogP contribution in [0.15, 0.2) is 46.8 Å². The molecule has 0 aliphatic heterocycles. The normalized spacial score (nSPS) is 10.6. The Bertz CT molecular complexity index is 1030. The van der Waals surface area contributed by atoms with Crippen molar-refractivity contribution in [1.29, 1.82) is 0 Å². The van der Waals surface area contributed by atoms with E-state index in [0.717, 1.165) is 29.5 Å². The summed E-state index contributed by atoms with van der Waals surface area (Å²) in [6, 6.07) is 9.17. The van der Waals surface area contributed by atoms with Crippen LogP contribution in [0, 0.1) is 21.7 Å². The van der Waals surface area contributed by atoms with Crippen LogP contribution in [0.1, 0.15) is 5.56 Å². The Morgan fingerprint density at radius 3 is 2.66 bits per heavy atom. The number of carbonyl (C=O) groups excluding carboxylic acids is 1. The molecule has 1 amide bonds. The van der Waals surface area contributed by atoms with Crippen LogP contribution in [0.3, 0.4) is 0 Å². The number of thioether (sulfide) groups is 1. The van der Waals surface area contributed by atoms with Gasteiger partial charge in [-0.25, -0.2) is 4.39 Å². The van der Waals surface area contributed by atoms with Gasteiger partial charge in [-0.05, 0) is 29.8 Å². The number of benzene rings is 2. The third-order valence-electron chi connectivity index (χ3n) is 3.52. The summed E-state index contributed by atoms with van der Waals surface area (Å²) in [5.74, 6) is -1.71. The molecular formula is C17H13F2N5O3S2. The molecule has 0 bridgehead atoms. The van der Waals surface area contributed by atoms with Gasteiger partial charge in [-0.1, -0.05) is 35.2 Å². The van der Waals surface area contributed by atoms with Gasteiger partial charge in [0.05, 0.1) is 10.7 Å². The molecular weight excluding hydrogens is 424 g/mol. The van der Waals surface area contributed by atoms with Crippen LogP contribution in [0.25, 0.3) is 0 Å². The molecule has 0 saturated heterocycles. The summed E-state index contributed by atoms with van der Waals surface area (Å²) in [5.41, 5.74) is 0.294. The smallest absolute Gasteiger partial charge is 0.306 e. The van der Waals surface area contributed by atoms with Crippen LogP contribution in [-0.4, -0.2) is 26.8 Å². The Labute approximate surface area is 171 Å². The number of nitro groups is 1. The van der Waals surface area contributed by atoms with E-state index in [0.29, 0.717) is 16.0 Å². The molecule has 0 spiro atoms. The molecule has 0 unspecified atom stereocenters. The first kappa shape index (κ1) is 20.6. The number of rotatable bonds is 8. The fraction of sp³-hybridized carbons (Fsp3) is 0.118. The molecule has 0 radical (unpaired) electrons. The molecule has 2 aromatic carbocycles. The lowest BCUT2D eigenvalue weighted by Crippen LogP contribution is -2.14. The van der Waals surface area contributed by atoms with E-state index in [1.165, 1.54) is 29.5 Å². The number of anilines is 2. The minimum Gasteiger partial charge on any atom is -0.356 e. The van der Waals surface area contributed by atoms with Gasteiger partial charge in [0.2, 0.25) is 16.9 Å². The maximum Gasteiger partial charge on any atom is 0.306 e. The summed E-state index contributed by atoms with van der Waals surface area (Å²) >= 11 is 2.39. The topological polar surface area (TPSA) is 110 Å². The molecule has 0 aliphatic carbocycles. The number of halogens is 2. The van der Waals surface area contributed by atoms with Crippen molar-refractivity contribution in [3.63, 3.8) is 0 Å². The first-order chi connectivity index (χ1) is 13.9. The molecule has 0 atom stereocenters. The van der Waals surface area contributed by atoms with E-state index < -0.39 is 22.3 Å². The third kappa shape index (κ3) is 5.93. The maximum atomic E-state index is 13.3. The molecule has 3 rings (SSSR count). The van der Waals surface area contributed by atoms with Crippen molar-refractivity contribution in [2.24, 2.45) is 0 Å². The standard InChI is InChI=1S/C17H13F2N5O3S2/c18-11-3-1-10(2-4-11)8-20-16-22-23-17(29-16)28-9-15(25)21-12-5-6-13(19)14(7-12)24(26)27/h1-7H,8-9H2,(H,20,22)(H,21,25). The Kier molecular flexibility index (Phi) is 6.67. The minimum atomic E-state index is -0.975. The molecule has 29 heavy (non-hydrogen) atoms. The zero-order chi connectivity index (χ0) is 20.8. The fourth-order valence-electron chi connectivity index (χ4n) is 2.17. The largest absolute Gasteiger partial charge is 0.356 e. The second kappa shape index (κ2) is 9.39. The molecule has 12 heteroatoms. The number of amides is 1. The second-order valence-corrected chi connectivity index (χ2v) is 7.81. The average molecular weight is 437 g/mol. The fourth-order valence-corrected chi connectivity index (χ4v) is 3.72. The van der Waals surface area contributed by atoms with E-state index in [1.807, 2.05) is 0 Å². The first-order valence-electron chi connectivity index (χ1n) is 8.09. The van der Waals surface area contributed by atoms with Crippen molar-refractivity contribution in [3.05, 3.63) is 69.8 Å². The molecule has 0 fully saturated rings. The van der Waals surface area contributed by atoms with Gasteiger partial charge < -0.3 is 10.6 Å². The quantitative estimate of drug-likeness (QED) is 0.311. The molecule has 0 saturated carbocycles. The Balaban J connectivity index is 1.49. The molecule has 150 valence electrons. The molecule has 1 aromatic heterocycles. The van der Waals surface area contributed by atoms with E-state index in [4.69, 9.17) is 0 Å². The van der Waals surface area contributed by atoms with E-state index >= 15 is 0 Å². The predicted octanol–water partition coefficient (Wildman–Crippen LogP) is 4.07. The van der Waals surface area contributed by atoms with Crippen molar-refractivity contribution < 1.29 is 18.5 Å². The first-order valence-corrected chi connectivity index (χ1v) is 9.89. The van der Waals surface area contributed by atoms with Gasteiger partial charge in [0, 0.05) is 18.3 Å². The molecule has 3 aromatic rings. The van der Waals surface area contributed by atoms with E-state index in [-0.39, 0.29) is 17.3 Å². The lowest BCUT2D eigenvalue weighted by atomic mass is 10.2. The Hall–Kier alpha value is -3.12. The van der Waals surface area contributed by atoms with Crippen LogP contribution in [0.5, 0.6) is 0 Å². The predicted molar refractivity (Wildman–Crippen MR) is 106 cm³/mol. The van der Waals surface area contributed by atoms with Gasteiger partial charge in [0.15, 0.2) is 4.34 Å². The lowest BCUT2D eigenvalue weighted by Gasteiger charge is -2.04. The summed E-state index contributed by atoms with van der Waals surface area (Å²) in [6.07, 6.45) is 0. The molecule has 2 N–H and O–H groups in total. The SMILES string of the molecule is O=C(CSc1nnc(NCc2ccc(F)cc2)s1)Nc1ccc(F)c([N+](=O)[O-])c1. The summed E-state index contributed by atoms with van der Waals surface area (Å²) in [7, 11) is 0. The maximum absolute atomic E-state index is 13.3. The highest BCUT2D eigenvalue weighted by Gasteiger charge is 2.15. The van der Waals surface area contributed by atoms with Crippen molar-refractivity contribution in [2.75, 3.05) is 16.4 Å². The molecule has 8 nitrogen and oxygen atoms in total. The zero-order valence-corrected chi connectivity index (χ0v) is 16.2. The van der Waals surface area contributed by atoms with Gasteiger partial charge >= 0.3 is 5.69 Å². The van der Waals surface area contributed by atoms with Crippen LogP contribution in [0.4, 0.5) is 25.3 Å². The van der Waals surface area contributed by atoms with Crippen molar-refractivity contribution >= 4 is 45.5 Å². The number of nitrogens with one attached hydrogen (secondary N) is 2. The number of hydrogen-bond donors (Lipinski definition) is 2. The number of aromatic nitrogens is 2. The van der Waals surface area contributed by atoms with Gasteiger partial charge in [0.25, 0.3) is 0 Å². The van der Waals surface area contributed by atoms with E-state index in [2.05, 4.69) is 20.8 Å². The third-order valence-corrected chi connectivity index (χ3v) is 5.53. The van der Waals surface area contributed by atoms with E-state index in [9.17, 15) is 23.7 Å². The highest BCUT2D eigenvalue weighted by atomic mass is 32.2. The number of carbonyl (C=O) groups is 1. The monoisotopic (exact) mass is 437 g/mol. The summed E-state index contributed by atoms with van der Waals surface area (Å²) in [4.78, 5) is 21.9. The Morgan fingerprint density at radius 2 is 1.93 bits per heavy atom. The van der Waals surface area contributed by atoms with Crippen molar-refractivity contribution in [3.8, 4) is 0 Å². The number of hydrogen-bond acceptors (Lipinski definition) is 8. The van der Waals surface area contributed by atoms with Crippen molar-refractivity contribution in [1.82, 2.24) is 10.2 Å². The average Bonchev–Trinajstić information content (AvgIpc) is 3.15. The highest BCUT2D eigenvalue weighted by Crippen LogP contribution is 2.26. The van der Waals surface area contributed by atoms with E-state index in [1.54, 1.807) is 12.1 Å². The van der Waals surface area contributed by atoms with Gasteiger partial charge in [0.1, 0.15) is 5.82 Å². The van der Waals surface area contributed by atoms with Crippen molar-refractivity contribution in [2.45, 2.75) is 10.9 Å². The summed E-state index contributed by atoms with van der Waals surface area (Å²) < 4.78 is 26.8. The zero-order valence-electron chi connectivity index (χ0n) is 14.6. The summed E-state index contributed by atoms with van der Waals surface area (Å²) in [5, 5.41) is 24.7. The van der Waals surface area contributed by atoms with Gasteiger partial charge in [-0.2, -0.15) is 4.39 Å². The highest BCUT2D eigenvalue weighted by molar-refractivity contribution is 8.01. The second-order valence-electron chi connectivity index (χ2n) is 5.61. The molecule has 0 aliphatic rings. The summed E-state index contributed by atoms with van der Waals surface area (Å²) in [6.45, 7) is 0.448. The van der Waals surface area contributed by atoms with Crippen LogP contribution < -0.4 is 10.6 Å². The van der Waals surface area contributed by atoms with Crippen LogP contribution in [-0.2, 0) is 11.3 Å². The van der Waals surface area contributed by atoms with Crippen LogP contribution in [0.2, 0.25) is 0 Å². The minimum absolute atomic E-state index is 0.00221. The van der Waals surface area contributed by atoms with Gasteiger partial charge in [-0.3, -0.25) is 14.9 Å². The Morgan fingerprint density at radius 1 is 1.17 bits per heavy atom. The lowest BCUT2D eigenvalue weighted by molar-refractivity contribution is -0.387. The van der Waals surface area contributed by atoms with Crippen LogP contribution >= 0.6 is 23.1 Å². The number of nitrogens with zero attached hydrogens (tertiary/aromatic N) is 3. The number of nitro benzene ring substituents is 1. The van der Waals surface area contributed by atoms with Gasteiger partial charge in [-0.15, -0.1) is 10.2 Å². The molecule has 1 heterocycles.